The molecule has 24 heavy (non-hydrogen) atoms. The predicted octanol–water partition coefficient (Wildman–Crippen LogP) is 3.12. The molecule has 0 aliphatic carbocycles. The van der Waals surface area contributed by atoms with Gasteiger partial charge in [0.15, 0.2) is 0 Å². The summed E-state index contributed by atoms with van der Waals surface area (Å²) in [5, 5.41) is 3.30. The molecular weight excluding hydrogens is 388 g/mol. The number of sulfone groups is 1. The third-order valence-electron chi connectivity index (χ3n) is 4.23. The van der Waals surface area contributed by atoms with Crippen LogP contribution in [0.25, 0.3) is 0 Å². The summed E-state index contributed by atoms with van der Waals surface area (Å²) in [6, 6.07) is 12.8. The second-order valence-corrected chi connectivity index (χ2v) is 7.86. The molecule has 0 amide bonds. The third kappa shape index (κ3) is 3.66. The van der Waals surface area contributed by atoms with Crippen LogP contribution in [0.3, 0.4) is 0 Å². The lowest BCUT2D eigenvalue weighted by Crippen LogP contribution is -2.44. The Bertz CT molecular complexity index is 816. The maximum Gasteiger partial charge on any atom is 0.208 e. The van der Waals surface area contributed by atoms with Gasteiger partial charge in [0.05, 0.1) is 15.5 Å². The van der Waals surface area contributed by atoms with Crippen LogP contribution in [0.5, 0.6) is 0 Å². The van der Waals surface area contributed by atoms with Gasteiger partial charge in [0.25, 0.3) is 0 Å². The smallest absolute Gasteiger partial charge is 0.208 e. The van der Waals surface area contributed by atoms with Gasteiger partial charge < -0.3 is 10.2 Å². The van der Waals surface area contributed by atoms with Gasteiger partial charge in [-0.15, -0.1) is 17.0 Å². The minimum absolute atomic E-state index is 0. The molecule has 2 aromatic carbocycles. The van der Waals surface area contributed by atoms with E-state index in [1.165, 1.54) is 0 Å². The monoisotopic (exact) mass is 410 g/mol. The molecule has 0 unspecified atom stereocenters. The topological polar surface area (TPSA) is 49.4 Å². The largest absolute Gasteiger partial charge is 0.368 e. The van der Waals surface area contributed by atoms with Crippen LogP contribution in [0.2, 0.25) is 0 Å². The molecule has 1 heterocycles. The van der Waals surface area contributed by atoms with E-state index in [4.69, 9.17) is 0 Å². The van der Waals surface area contributed by atoms with Gasteiger partial charge in [-0.1, -0.05) is 29.8 Å². The Kier molecular flexibility index (Phi) is 6.06. The van der Waals surface area contributed by atoms with Gasteiger partial charge in [-0.25, -0.2) is 8.42 Å². The minimum atomic E-state index is -3.53. The molecule has 1 aliphatic rings. The zero-order valence-electron chi connectivity index (χ0n) is 14.0. The first-order chi connectivity index (χ1) is 11.0. The molecule has 4 nitrogen and oxygen atoms in total. The number of rotatable bonds is 3. The van der Waals surface area contributed by atoms with Crippen LogP contribution in [0.15, 0.2) is 52.3 Å². The van der Waals surface area contributed by atoms with Crippen molar-refractivity contribution in [2.75, 3.05) is 31.1 Å². The number of nitrogens with zero attached hydrogens (tertiary/aromatic N) is 1. The maximum absolute atomic E-state index is 13.2. The fourth-order valence-corrected chi connectivity index (χ4v) is 4.77. The van der Waals surface area contributed by atoms with Crippen LogP contribution < -0.4 is 10.2 Å². The van der Waals surface area contributed by atoms with Crippen molar-refractivity contribution < 1.29 is 8.42 Å². The highest BCUT2D eigenvalue weighted by atomic mass is 79.9. The van der Waals surface area contributed by atoms with Crippen molar-refractivity contribution in [1.82, 2.24) is 5.32 Å². The van der Waals surface area contributed by atoms with Crippen molar-refractivity contribution in [2.45, 2.75) is 23.6 Å². The number of hydrogen-bond acceptors (Lipinski definition) is 4. The molecule has 0 spiro atoms. The van der Waals surface area contributed by atoms with Crippen LogP contribution in [0.1, 0.15) is 11.1 Å². The first kappa shape index (κ1) is 19.0. The number of benzene rings is 2. The molecule has 1 saturated heterocycles. The molecule has 1 N–H and O–H groups in total. The first-order valence-corrected chi connectivity index (χ1v) is 9.35. The average Bonchev–Trinajstić information content (AvgIpc) is 2.55. The summed E-state index contributed by atoms with van der Waals surface area (Å²) in [4.78, 5) is 2.94. The van der Waals surface area contributed by atoms with Crippen LogP contribution in [-0.4, -0.2) is 34.6 Å². The highest BCUT2D eigenvalue weighted by Crippen LogP contribution is 2.32. The van der Waals surface area contributed by atoms with Crippen molar-refractivity contribution in [3.63, 3.8) is 0 Å². The van der Waals surface area contributed by atoms with Gasteiger partial charge >= 0.3 is 0 Å². The Morgan fingerprint density at radius 2 is 1.62 bits per heavy atom. The van der Waals surface area contributed by atoms with Crippen LogP contribution in [0.4, 0.5) is 5.69 Å². The molecule has 6 heteroatoms. The van der Waals surface area contributed by atoms with Gasteiger partial charge in [0, 0.05) is 26.2 Å². The highest BCUT2D eigenvalue weighted by Gasteiger charge is 2.25. The first-order valence-electron chi connectivity index (χ1n) is 7.87. The summed E-state index contributed by atoms with van der Waals surface area (Å²) in [6.45, 7) is 7.21. The molecule has 130 valence electrons. The molecule has 0 aromatic heterocycles. The normalized spacial score (nSPS) is 15.0. The van der Waals surface area contributed by atoms with E-state index in [2.05, 4.69) is 10.2 Å². The van der Waals surface area contributed by atoms with Crippen molar-refractivity contribution in [3.8, 4) is 0 Å². The van der Waals surface area contributed by atoms with E-state index in [1.54, 1.807) is 18.2 Å². The Hall–Kier alpha value is -1.37. The van der Waals surface area contributed by atoms with Crippen molar-refractivity contribution in [2.24, 2.45) is 0 Å². The number of halogens is 1. The zero-order valence-corrected chi connectivity index (χ0v) is 16.5. The van der Waals surface area contributed by atoms with Crippen molar-refractivity contribution >= 4 is 32.5 Å². The number of piperazine rings is 1. The Labute approximate surface area is 154 Å². The molecule has 1 aliphatic heterocycles. The molecule has 3 rings (SSSR count). The van der Waals surface area contributed by atoms with Gasteiger partial charge in [-0.3, -0.25) is 0 Å². The lowest BCUT2D eigenvalue weighted by atomic mass is 10.2. The summed E-state index contributed by atoms with van der Waals surface area (Å²) < 4.78 is 26.4. The quantitative estimate of drug-likeness (QED) is 0.843. The van der Waals surface area contributed by atoms with Crippen molar-refractivity contribution in [1.29, 1.82) is 0 Å². The number of para-hydroxylation sites is 1. The predicted molar refractivity (Wildman–Crippen MR) is 103 cm³/mol. The molecule has 0 saturated carbocycles. The van der Waals surface area contributed by atoms with Crippen LogP contribution in [-0.2, 0) is 9.84 Å². The molecule has 0 atom stereocenters. The summed E-state index contributed by atoms with van der Waals surface area (Å²) in [7, 11) is -3.53. The van der Waals surface area contributed by atoms with E-state index >= 15 is 0 Å². The molecule has 0 radical (unpaired) electrons. The Balaban J connectivity index is 0.00000208. The average molecular weight is 411 g/mol. The summed E-state index contributed by atoms with van der Waals surface area (Å²) in [5.41, 5.74) is 2.66. The van der Waals surface area contributed by atoms with Crippen molar-refractivity contribution in [3.05, 3.63) is 53.6 Å². The third-order valence-corrected chi connectivity index (χ3v) is 6.19. The molecule has 2 aromatic rings. The van der Waals surface area contributed by atoms with Crippen LogP contribution in [0, 0.1) is 13.8 Å². The van der Waals surface area contributed by atoms with Gasteiger partial charge in [-0.05, 0) is 37.6 Å². The van der Waals surface area contributed by atoms with Crippen LogP contribution >= 0.6 is 17.0 Å². The molecule has 1 fully saturated rings. The zero-order chi connectivity index (χ0) is 16.4. The highest BCUT2D eigenvalue weighted by molar-refractivity contribution is 8.93. The number of aryl methyl sites for hydroxylation is 2. The number of nitrogens with one attached hydrogen (secondary N) is 1. The second-order valence-electron chi connectivity index (χ2n) is 5.98. The van der Waals surface area contributed by atoms with Gasteiger partial charge in [0.1, 0.15) is 0 Å². The van der Waals surface area contributed by atoms with E-state index in [1.807, 2.05) is 38.1 Å². The van der Waals surface area contributed by atoms with E-state index in [-0.39, 0.29) is 17.0 Å². The SMILES string of the molecule is Br.Cc1ccc(S(=O)(=O)c2ccccc2N2CCNCC2)c(C)c1. The number of hydrogen-bond donors (Lipinski definition) is 1. The lowest BCUT2D eigenvalue weighted by molar-refractivity contribution is 0.579. The number of anilines is 1. The summed E-state index contributed by atoms with van der Waals surface area (Å²) in [5.74, 6) is 0. The van der Waals surface area contributed by atoms with E-state index in [9.17, 15) is 8.42 Å². The summed E-state index contributed by atoms with van der Waals surface area (Å²) >= 11 is 0. The molecular formula is C18H23BrN2O2S. The standard InChI is InChI=1S/C18H22N2O2S.BrH/c1-14-7-8-17(15(2)13-14)23(21,22)18-6-4-3-5-16(18)20-11-9-19-10-12-20;/h3-8,13,19H,9-12H2,1-2H3;1H. The maximum atomic E-state index is 13.2. The Morgan fingerprint density at radius 1 is 0.958 bits per heavy atom. The fourth-order valence-electron chi connectivity index (χ4n) is 3.07. The van der Waals surface area contributed by atoms with E-state index in [0.717, 1.165) is 43.0 Å². The Morgan fingerprint density at radius 3 is 2.29 bits per heavy atom. The fraction of sp³-hybridized carbons (Fsp3) is 0.333. The second kappa shape index (κ2) is 7.68. The van der Waals surface area contributed by atoms with Gasteiger partial charge in [-0.2, -0.15) is 0 Å². The molecule has 0 bridgehead atoms. The van der Waals surface area contributed by atoms with E-state index < -0.39 is 9.84 Å². The minimum Gasteiger partial charge on any atom is -0.368 e. The van der Waals surface area contributed by atoms with E-state index in [0.29, 0.717) is 9.79 Å². The summed E-state index contributed by atoms with van der Waals surface area (Å²) in [6.07, 6.45) is 0. The lowest BCUT2D eigenvalue weighted by Gasteiger charge is -2.31. The van der Waals surface area contributed by atoms with Gasteiger partial charge in [0.2, 0.25) is 9.84 Å².